The van der Waals surface area contributed by atoms with Gasteiger partial charge >= 0.3 is 5.97 Å². The van der Waals surface area contributed by atoms with E-state index < -0.39 is 22.1 Å². The highest BCUT2D eigenvalue weighted by molar-refractivity contribution is 7.89. The number of aryl methyl sites for hydroxylation is 1. The van der Waals surface area contributed by atoms with E-state index in [0.29, 0.717) is 5.56 Å². The Kier molecular flexibility index (Phi) is 5.79. The van der Waals surface area contributed by atoms with Gasteiger partial charge in [0, 0.05) is 5.56 Å². The van der Waals surface area contributed by atoms with Crippen molar-refractivity contribution < 1.29 is 27.5 Å². The molecule has 138 valence electrons. The Labute approximate surface area is 151 Å². The fourth-order valence-corrected chi connectivity index (χ4v) is 2.79. The molecule has 0 fully saturated rings. The first-order valence-electron chi connectivity index (χ1n) is 7.66. The van der Waals surface area contributed by atoms with Gasteiger partial charge in [-0.1, -0.05) is 29.8 Å². The second kappa shape index (κ2) is 7.67. The van der Waals surface area contributed by atoms with Crippen LogP contribution < -0.4 is 9.88 Å². The number of methoxy groups -OCH3 is 1. The van der Waals surface area contributed by atoms with E-state index in [9.17, 15) is 18.0 Å². The summed E-state index contributed by atoms with van der Waals surface area (Å²) in [4.78, 5) is 24.5. The molecule has 2 N–H and O–H groups in total. The van der Waals surface area contributed by atoms with Crippen LogP contribution in [0.5, 0.6) is 5.75 Å². The maximum Gasteiger partial charge on any atom is 0.342 e. The van der Waals surface area contributed by atoms with Crippen molar-refractivity contribution in [2.45, 2.75) is 24.8 Å². The monoisotopic (exact) mass is 377 g/mol. The van der Waals surface area contributed by atoms with Gasteiger partial charge in [0.2, 0.25) is 15.8 Å². The van der Waals surface area contributed by atoms with Crippen LogP contribution in [-0.4, -0.2) is 33.4 Å². The van der Waals surface area contributed by atoms with E-state index in [4.69, 9.17) is 14.6 Å². The number of carbonyl (C=O) groups is 2. The Morgan fingerprint density at radius 1 is 1.08 bits per heavy atom. The minimum Gasteiger partial charge on any atom is -0.496 e. The van der Waals surface area contributed by atoms with Gasteiger partial charge in [0.1, 0.15) is 11.3 Å². The molecule has 0 aliphatic carbocycles. The number of ether oxygens (including phenoxy) is 2. The molecule has 1 unspecified atom stereocenters. The molecule has 0 aliphatic heterocycles. The summed E-state index contributed by atoms with van der Waals surface area (Å²) in [6, 6.07) is 10.4. The molecule has 2 aromatic rings. The molecule has 0 spiro atoms. The fraction of sp³-hybridized carbons (Fsp3) is 0.222. The molecule has 0 aliphatic rings. The number of hydrogen-bond acceptors (Lipinski definition) is 6. The zero-order valence-electron chi connectivity index (χ0n) is 14.6. The van der Waals surface area contributed by atoms with Crippen molar-refractivity contribution in [2.24, 2.45) is 5.14 Å². The van der Waals surface area contributed by atoms with Crippen molar-refractivity contribution >= 4 is 21.8 Å². The van der Waals surface area contributed by atoms with Crippen LogP contribution in [0.3, 0.4) is 0 Å². The summed E-state index contributed by atoms with van der Waals surface area (Å²) in [5.74, 6) is -1.15. The molecule has 1 atom stereocenters. The predicted octanol–water partition coefficient (Wildman–Crippen LogP) is 2.08. The summed E-state index contributed by atoms with van der Waals surface area (Å²) in [7, 11) is -2.68. The first-order chi connectivity index (χ1) is 12.1. The van der Waals surface area contributed by atoms with Crippen LogP contribution in [0.1, 0.15) is 33.2 Å². The summed E-state index contributed by atoms with van der Waals surface area (Å²) in [5.41, 5.74) is 1.26. The summed E-state index contributed by atoms with van der Waals surface area (Å²) in [6.07, 6.45) is -1.06. The summed E-state index contributed by atoms with van der Waals surface area (Å²) in [5, 5.41) is 5.08. The van der Waals surface area contributed by atoms with Gasteiger partial charge in [-0.05, 0) is 32.0 Å². The van der Waals surface area contributed by atoms with Crippen molar-refractivity contribution in [3.8, 4) is 5.75 Å². The molecule has 0 amide bonds. The normalized spacial score (nSPS) is 12.3. The molecule has 0 saturated carbocycles. The molecule has 2 aromatic carbocycles. The Bertz CT molecular complexity index is 935. The first-order valence-corrected chi connectivity index (χ1v) is 9.21. The predicted molar refractivity (Wildman–Crippen MR) is 94.8 cm³/mol. The van der Waals surface area contributed by atoms with Crippen molar-refractivity contribution in [1.29, 1.82) is 0 Å². The highest BCUT2D eigenvalue weighted by Crippen LogP contribution is 2.23. The number of ketones is 1. The molecule has 8 heteroatoms. The summed E-state index contributed by atoms with van der Waals surface area (Å²) >= 11 is 0. The number of nitrogens with two attached hydrogens (primary N) is 1. The number of rotatable bonds is 6. The molecule has 0 saturated heterocycles. The van der Waals surface area contributed by atoms with Crippen LogP contribution in [0.15, 0.2) is 47.4 Å². The van der Waals surface area contributed by atoms with Crippen LogP contribution in [0.25, 0.3) is 0 Å². The molecule has 7 nitrogen and oxygen atoms in total. The minimum absolute atomic E-state index is 0.109. The lowest BCUT2D eigenvalue weighted by atomic mass is 10.1. The lowest BCUT2D eigenvalue weighted by Crippen LogP contribution is -2.25. The van der Waals surface area contributed by atoms with E-state index in [1.165, 1.54) is 26.2 Å². The Hall–Kier alpha value is -2.71. The van der Waals surface area contributed by atoms with Gasteiger partial charge in [-0.25, -0.2) is 18.4 Å². The van der Waals surface area contributed by atoms with E-state index in [1.54, 1.807) is 24.3 Å². The van der Waals surface area contributed by atoms with Crippen molar-refractivity contribution in [2.75, 3.05) is 7.11 Å². The van der Waals surface area contributed by atoms with Gasteiger partial charge in [-0.3, -0.25) is 4.79 Å². The van der Waals surface area contributed by atoms with Crippen molar-refractivity contribution in [3.63, 3.8) is 0 Å². The zero-order chi connectivity index (χ0) is 19.5. The second-order valence-corrected chi connectivity index (χ2v) is 7.25. The highest BCUT2D eigenvalue weighted by atomic mass is 32.2. The Morgan fingerprint density at radius 2 is 1.69 bits per heavy atom. The lowest BCUT2D eigenvalue weighted by molar-refractivity contribution is 0.0315. The number of esters is 1. The molecule has 26 heavy (non-hydrogen) atoms. The number of sulfonamides is 1. The van der Waals surface area contributed by atoms with E-state index in [0.717, 1.165) is 11.6 Å². The molecular formula is C18H19NO6S. The molecule has 0 radical (unpaired) electrons. The summed E-state index contributed by atoms with van der Waals surface area (Å²) < 4.78 is 33.2. The average Bonchev–Trinajstić information content (AvgIpc) is 2.60. The van der Waals surface area contributed by atoms with Crippen LogP contribution >= 0.6 is 0 Å². The number of primary sulfonamides is 1. The smallest absolute Gasteiger partial charge is 0.342 e. The third-order valence-electron chi connectivity index (χ3n) is 3.71. The Morgan fingerprint density at radius 3 is 2.23 bits per heavy atom. The van der Waals surface area contributed by atoms with Gasteiger partial charge in [-0.2, -0.15) is 0 Å². The molecule has 0 aromatic heterocycles. The minimum atomic E-state index is -4.01. The maximum absolute atomic E-state index is 12.4. The van der Waals surface area contributed by atoms with Crippen molar-refractivity contribution in [1.82, 2.24) is 0 Å². The number of Topliss-reactive ketones (excluding diaryl/α,β-unsaturated/α-hetero) is 1. The SMILES string of the molecule is COc1ccc(S(N)(=O)=O)cc1C(=O)OC(C)C(=O)c1ccc(C)cc1. The van der Waals surface area contributed by atoms with Gasteiger partial charge in [0.05, 0.1) is 12.0 Å². The molecule has 0 bridgehead atoms. The molecular weight excluding hydrogens is 358 g/mol. The van der Waals surface area contributed by atoms with Gasteiger partial charge in [0.25, 0.3) is 0 Å². The number of benzene rings is 2. The third-order valence-corrected chi connectivity index (χ3v) is 4.62. The summed E-state index contributed by atoms with van der Waals surface area (Å²) in [6.45, 7) is 3.33. The van der Waals surface area contributed by atoms with Crippen LogP contribution in [-0.2, 0) is 14.8 Å². The van der Waals surface area contributed by atoms with Gasteiger partial charge < -0.3 is 9.47 Å². The molecule has 0 heterocycles. The van der Waals surface area contributed by atoms with Crippen molar-refractivity contribution in [3.05, 3.63) is 59.2 Å². The van der Waals surface area contributed by atoms with E-state index >= 15 is 0 Å². The van der Waals surface area contributed by atoms with Crippen LogP contribution in [0.2, 0.25) is 0 Å². The largest absolute Gasteiger partial charge is 0.496 e. The van der Waals surface area contributed by atoms with Gasteiger partial charge in [-0.15, -0.1) is 0 Å². The third kappa shape index (κ3) is 4.47. The van der Waals surface area contributed by atoms with Crippen LogP contribution in [0.4, 0.5) is 0 Å². The zero-order valence-corrected chi connectivity index (χ0v) is 15.4. The fourth-order valence-electron chi connectivity index (χ4n) is 2.25. The number of carbonyl (C=O) groups excluding carboxylic acids is 2. The van der Waals surface area contributed by atoms with E-state index in [1.807, 2.05) is 6.92 Å². The molecule has 2 rings (SSSR count). The maximum atomic E-state index is 12.4. The van der Waals surface area contributed by atoms with E-state index in [-0.39, 0.29) is 22.0 Å². The van der Waals surface area contributed by atoms with E-state index in [2.05, 4.69) is 0 Å². The van der Waals surface area contributed by atoms with Gasteiger partial charge in [0.15, 0.2) is 6.10 Å². The standard InChI is InChI=1S/C18H19NO6S/c1-11-4-6-13(7-5-11)17(20)12(2)25-18(21)15-10-14(26(19,22)23)8-9-16(15)24-3/h4-10,12H,1-3H3,(H2,19,22,23). The van der Waals surface area contributed by atoms with Crippen LogP contribution in [0, 0.1) is 6.92 Å². The Balaban J connectivity index is 2.25. The first kappa shape index (κ1) is 19.6. The highest BCUT2D eigenvalue weighted by Gasteiger charge is 2.24. The lowest BCUT2D eigenvalue weighted by Gasteiger charge is -2.14. The second-order valence-electron chi connectivity index (χ2n) is 5.68. The number of hydrogen-bond donors (Lipinski definition) is 1. The quantitative estimate of drug-likeness (QED) is 0.609. The average molecular weight is 377 g/mol. The topological polar surface area (TPSA) is 113 Å².